The molecule has 21 heavy (non-hydrogen) atoms. The summed E-state index contributed by atoms with van der Waals surface area (Å²) in [5.41, 5.74) is 7.88. The van der Waals surface area contributed by atoms with Gasteiger partial charge in [0.1, 0.15) is 11.3 Å². The van der Waals surface area contributed by atoms with Crippen molar-refractivity contribution < 1.29 is 14.6 Å². The van der Waals surface area contributed by atoms with Crippen LogP contribution in [0, 0.1) is 6.92 Å². The first-order chi connectivity index (χ1) is 10.1. The van der Waals surface area contributed by atoms with Gasteiger partial charge in [-0.1, -0.05) is 18.2 Å². The van der Waals surface area contributed by atoms with Crippen molar-refractivity contribution in [2.24, 2.45) is 0 Å². The van der Waals surface area contributed by atoms with Crippen LogP contribution in [0.2, 0.25) is 0 Å². The number of carboxylic acid groups (broad SMARTS) is 1. The number of ether oxygens (including phenoxy) is 1. The van der Waals surface area contributed by atoms with Crippen LogP contribution in [0.3, 0.4) is 0 Å². The summed E-state index contributed by atoms with van der Waals surface area (Å²) in [6.45, 7) is 2.42. The van der Waals surface area contributed by atoms with Gasteiger partial charge in [-0.15, -0.1) is 11.8 Å². The molecule has 0 spiro atoms. The number of carbonyl (C=O) groups is 1. The van der Waals surface area contributed by atoms with Gasteiger partial charge in [-0.25, -0.2) is 4.79 Å². The zero-order chi connectivity index (χ0) is 15.2. The summed E-state index contributed by atoms with van der Waals surface area (Å²) in [6, 6.07) is 12.5. The van der Waals surface area contributed by atoms with Crippen molar-refractivity contribution in [2.75, 3.05) is 18.1 Å². The smallest absolute Gasteiger partial charge is 0.339 e. The van der Waals surface area contributed by atoms with Crippen LogP contribution in [0.4, 0.5) is 5.69 Å². The molecule has 0 heterocycles. The fourth-order valence-corrected chi connectivity index (χ4v) is 2.76. The third-order valence-corrected chi connectivity index (χ3v) is 4.17. The number of nitrogens with two attached hydrogens (primary N) is 1. The van der Waals surface area contributed by atoms with Crippen molar-refractivity contribution in [3.8, 4) is 5.75 Å². The summed E-state index contributed by atoms with van der Waals surface area (Å²) in [5, 5.41) is 9.07. The number of rotatable bonds is 6. The van der Waals surface area contributed by atoms with Crippen LogP contribution >= 0.6 is 11.8 Å². The van der Waals surface area contributed by atoms with Gasteiger partial charge in [0.05, 0.1) is 6.61 Å². The van der Waals surface area contributed by atoms with E-state index >= 15 is 0 Å². The van der Waals surface area contributed by atoms with E-state index in [0.29, 0.717) is 12.4 Å². The van der Waals surface area contributed by atoms with Gasteiger partial charge < -0.3 is 15.6 Å². The van der Waals surface area contributed by atoms with Gasteiger partial charge in [0.25, 0.3) is 0 Å². The van der Waals surface area contributed by atoms with Crippen molar-refractivity contribution >= 4 is 23.4 Å². The van der Waals surface area contributed by atoms with Crippen molar-refractivity contribution in [1.82, 2.24) is 0 Å². The zero-order valence-electron chi connectivity index (χ0n) is 11.7. The molecule has 0 aliphatic rings. The Bertz CT molecular complexity index is 643. The van der Waals surface area contributed by atoms with Crippen LogP contribution in [0.1, 0.15) is 15.9 Å². The fraction of sp³-hybridized carbons (Fsp3) is 0.188. The largest absolute Gasteiger partial charge is 0.492 e. The summed E-state index contributed by atoms with van der Waals surface area (Å²) in [5.74, 6) is 0.137. The number of benzene rings is 2. The first-order valence-electron chi connectivity index (χ1n) is 6.52. The number of carboxylic acids is 1. The lowest BCUT2D eigenvalue weighted by Crippen LogP contribution is -2.06. The Morgan fingerprint density at radius 3 is 2.76 bits per heavy atom. The summed E-state index contributed by atoms with van der Waals surface area (Å²) in [4.78, 5) is 12.2. The minimum atomic E-state index is -0.982. The van der Waals surface area contributed by atoms with Crippen molar-refractivity contribution in [2.45, 2.75) is 11.8 Å². The van der Waals surface area contributed by atoms with E-state index in [0.717, 1.165) is 21.9 Å². The molecule has 0 fully saturated rings. The second-order valence-electron chi connectivity index (χ2n) is 4.47. The second-order valence-corrected chi connectivity index (χ2v) is 5.61. The molecule has 2 aromatic carbocycles. The van der Waals surface area contributed by atoms with Crippen LogP contribution in [0.5, 0.6) is 5.75 Å². The first kappa shape index (κ1) is 15.3. The molecule has 0 radical (unpaired) electrons. The van der Waals surface area contributed by atoms with E-state index in [1.165, 1.54) is 6.07 Å². The normalized spacial score (nSPS) is 10.3. The van der Waals surface area contributed by atoms with Gasteiger partial charge in [0, 0.05) is 16.3 Å². The molecule has 0 aliphatic heterocycles. The molecule has 5 heteroatoms. The fourth-order valence-electron chi connectivity index (χ4n) is 1.86. The highest BCUT2D eigenvalue weighted by Gasteiger charge is 2.10. The van der Waals surface area contributed by atoms with Gasteiger partial charge in [-0.05, 0) is 36.8 Å². The highest BCUT2D eigenvalue weighted by Crippen LogP contribution is 2.26. The lowest BCUT2D eigenvalue weighted by atomic mass is 10.2. The quantitative estimate of drug-likeness (QED) is 0.486. The highest BCUT2D eigenvalue weighted by atomic mass is 32.2. The molecule has 2 rings (SSSR count). The Kier molecular flexibility index (Phi) is 5.11. The van der Waals surface area contributed by atoms with E-state index in [-0.39, 0.29) is 5.56 Å². The molecule has 0 amide bonds. The molecule has 0 saturated heterocycles. The summed E-state index contributed by atoms with van der Waals surface area (Å²) < 4.78 is 5.56. The number of para-hydroxylation sites is 1. The minimum absolute atomic E-state index is 0.183. The molecule has 0 atom stereocenters. The van der Waals surface area contributed by atoms with E-state index in [1.54, 1.807) is 30.0 Å². The number of hydrogen-bond acceptors (Lipinski definition) is 4. The zero-order valence-corrected chi connectivity index (χ0v) is 12.5. The van der Waals surface area contributed by atoms with Crippen LogP contribution in [0.15, 0.2) is 47.4 Å². The van der Waals surface area contributed by atoms with Gasteiger partial charge in [-0.3, -0.25) is 0 Å². The van der Waals surface area contributed by atoms with Crippen LogP contribution in [-0.2, 0) is 0 Å². The van der Waals surface area contributed by atoms with E-state index in [1.807, 2.05) is 25.1 Å². The Morgan fingerprint density at radius 2 is 2.00 bits per heavy atom. The van der Waals surface area contributed by atoms with Gasteiger partial charge >= 0.3 is 5.97 Å². The predicted octanol–water partition coefficient (Wildman–Crippen LogP) is 3.45. The Morgan fingerprint density at radius 1 is 1.24 bits per heavy atom. The molecule has 4 nitrogen and oxygen atoms in total. The van der Waals surface area contributed by atoms with E-state index < -0.39 is 5.97 Å². The molecule has 0 aromatic heterocycles. The molecule has 110 valence electrons. The topological polar surface area (TPSA) is 72.5 Å². The monoisotopic (exact) mass is 303 g/mol. The van der Waals surface area contributed by atoms with Gasteiger partial charge in [0.15, 0.2) is 0 Å². The number of anilines is 1. The lowest BCUT2D eigenvalue weighted by molar-refractivity contribution is 0.0692. The summed E-state index contributed by atoms with van der Waals surface area (Å²) >= 11 is 1.64. The standard InChI is InChI=1S/C16H17NO3S/c1-11-13(17)6-4-8-15(11)21-10-9-20-14-7-3-2-5-12(14)16(18)19/h2-8H,9-10,17H2,1H3,(H,18,19). The summed E-state index contributed by atoms with van der Waals surface area (Å²) in [7, 11) is 0. The molecule has 2 aromatic rings. The van der Waals surface area contributed by atoms with Crippen molar-refractivity contribution in [3.63, 3.8) is 0 Å². The Balaban J connectivity index is 1.91. The Hall–Kier alpha value is -2.14. The third-order valence-electron chi connectivity index (χ3n) is 3.04. The third kappa shape index (κ3) is 3.92. The first-order valence-corrected chi connectivity index (χ1v) is 7.51. The minimum Gasteiger partial charge on any atom is -0.492 e. The maximum absolute atomic E-state index is 11.1. The van der Waals surface area contributed by atoms with Crippen molar-refractivity contribution in [1.29, 1.82) is 0 Å². The number of aromatic carboxylic acids is 1. The molecule has 0 bridgehead atoms. The van der Waals surface area contributed by atoms with Crippen LogP contribution in [0.25, 0.3) is 0 Å². The van der Waals surface area contributed by atoms with Gasteiger partial charge in [0.2, 0.25) is 0 Å². The average Bonchev–Trinajstić information content (AvgIpc) is 2.48. The highest BCUT2D eigenvalue weighted by molar-refractivity contribution is 7.99. The molecular weight excluding hydrogens is 286 g/mol. The molecule has 0 unspecified atom stereocenters. The lowest BCUT2D eigenvalue weighted by Gasteiger charge is -2.10. The van der Waals surface area contributed by atoms with E-state index in [2.05, 4.69) is 0 Å². The molecule has 0 aliphatic carbocycles. The number of nitrogen functional groups attached to an aromatic ring is 1. The van der Waals surface area contributed by atoms with E-state index in [4.69, 9.17) is 15.6 Å². The Labute approximate surface area is 127 Å². The molecule has 0 saturated carbocycles. The van der Waals surface area contributed by atoms with Gasteiger partial charge in [-0.2, -0.15) is 0 Å². The maximum Gasteiger partial charge on any atom is 0.339 e. The average molecular weight is 303 g/mol. The molecular formula is C16H17NO3S. The second kappa shape index (κ2) is 7.04. The SMILES string of the molecule is Cc1c(N)cccc1SCCOc1ccccc1C(=O)O. The maximum atomic E-state index is 11.1. The molecule has 3 N–H and O–H groups in total. The van der Waals surface area contributed by atoms with Crippen LogP contribution < -0.4 is 10.5 Å². The number of thioether (sulfide) groups is 1. The summed E-state index contributed by atoms with van der Waals surface area (Å²) in [6.07, 6.45) is 0. The van der Waals surface area contributed by atoms with Crippen molar-refractivity contribution in [3.05, 3.63) is 53.6 Å². The van der Waals surface area contributed by atoms with Crippen LogP contribution in [-0.4, -0.2) is 23.4 Å². The van der Waals surface area contributed by atoms with E-state index in [9.17, 15) is 4.79 Å². The predicted molar refractivity (Wildman–Crippen MR) is 85.2 cm³/mol. The number of hydrogen-bond donors (Lipinski definition) is 2.